The second-order valence-electron chi connectivity index (χ2n) is 9.67. The summed E-state index contributed by atoms with van der Waals surface area (Å²) >= 11 is 0. The summed E-state index contributed by atoms with van der Waals surface area (Å²) in [5, 5.41) is 15.7. The molecule has 2 unspecified atom stereocenters. The molecule has 1 aromatic carbocycles. The number of rotatable bonds is 4. The fourth-order valence-corrected chi connectivity index (χ4v) is 5.27. The second kappa shape index (κ2) is 7.86. The summed E-state index contributed by atoms with van der Waals surface area (Å²) in [5.74, 6) is -0.00941. The number of carboxylic acid groups (broad SMARTS) is 1. The van der Waals surface area contributed by atoms with Crippen molar-refractivity contribution in [2.45, 2.75) is 33.6 Å². The molecule has 2 aliphatic heterocycles. The van der Waals surface area contributed by atoms with Crippen molar-refractivity contribution in [3.8, 4) is 5.69 Å². The Morgan fingerprint density at radius 1 is 1.09 bits per heavy atom. The molecule has 4 heterocycles. The summed E-state index contributed by atoms with van der Waals surface area (Å²) in [6, 6.07) is 9.69. The van der Waals surface area contributed by atoms with Gasteiger partial charge in [-0.25, -0.2) is 14.5 Å². The van der Waals surface area contributed by atoms with Gasteiger partial charge in [0.05, 0.1) is 22.5 Å². The first-order valence-corrected chi connectivity index (χ1v) is 11.5. The van der Waals surface area contributed by atoms with E-state index in [0.29, 0.717) is 17.5 Å². The zero-order chi connectivity index (χ0) is 23.4. The van der Waals surface area contributed by atoms with Crippen molar-refractivity contribution < 1.29 is 14.7 Å². The van der Waals surface area contributed by atoms with Gasteiger partial charge in [-0.05, 0) is 36.6 Å². The first-order valence-electron chi connectivity index (χ1n) is 11.5. The number of likely N-dealkylation sites (tertiary alicyclic amines) is 1. The number of nitrogens with zero attached hydrogens (tertiary/aromatic N) is 5. The van der Waals surface area contributed by atoms with Crippen molar-refractivity contribution in [3.63, 3.8) is 0 Å². The van der Waals surface area contributed by atoms with E-state index in [1.54, 1.807) is 17.7 Å². The van der Waals surface area contributed by atoms with Crippen LogP contribution in [-0.4, -0.2) is 62.8 Å². The first-order chi connectivity index (χ1) is 15.7. The number of anilines is 1. The summed E-state index contributed by atoms with van der Waals surface area (Å²) in [5.41, 5.74) is 4.34. The van der Waals surface area contributed by atoms with E-state index < -0.39 is 5.97 Å². The smallest absolute Gasteiger partial charge is 0.354 e. The maximum Gasteiger partial charge on any atom is 0.354 e. The molecule has 8 nitrogen and oxygen atoms in total. The minimum absolute atomic E-state index is 0.0176. The molecule has 2 atom stereocenters. The normalized spacial score (nSPS) is 20.2. The molecule has 2 saturated heterocycles. The van der Waals surface area contributed by atoms with E-state index in [4.69, 9.17) is 5.10 Å². The van der Waals surface area contributed by atoms with Crippen LogP contribution in [-0.2, 0) is 4.79 Å². The third-order valence-corrected chi connectivity index (χ3v) is 6.93. The van der Waals surface area contributed by atoms with Gasteiger partial charge in [-0.2, -0.15) is 5.10 Å². The van der Waals surface area contributed by atoms with E-state index in [9.17, 15) is 14.7 Å². The lowest BCUT2D eigenvalue weighted by Crippen LogP contribution is -2.31. The van der Waals surface area contributed by atoms with Crippen LogP contribution in [0, 0.1) is 18.8 Å². The molecular weight excluding hydrogens is 418 g/mol. The number of carbonyl (C=O) groups excluding carboxylic acids is 1. The number of pyridine rings is 1. The SMILES string of the molecule is CC(=O)N1CC2CN(c3cc(C(=O)O)nc4c3c(C(C)C)nn4-c3cccc(C)c3)CC2C1. The maximum atomic E-state index is 12.0. The number of aromatic carboxylic acids is 1. The van der Waals surface area contributed by atoms with Crippen LogP contribution in [0.15, 0.2) is 30.3 Å². The Morgan fingerprint density at radius 3 is 2.36 bits per heavy atom. The molecule has 0 aliphatic carbocycles. The molecule has 5 rings (SSSR count). The van der Waals surface area contributed by atoms with Gasteiger partial charge in [-0.3, -0.25) is 4.79 Å². The number of amides is 1. The fourth-order valence-electron chi connectivity index (χ4n) is 5.27. The predicted molar refractivity (Wildman–Crippen MR) is 126 cm³/mol. The zero-order valence-corrected chi connectivity index (χ0v) is 19.4. The molecule has 2 fully saturated rings. The minimum atomic E-state index is -1.05. The van der Waals surface area contributed by atoms with E-state index in [1.165, 1.54) is 0 Å². The molecule has 0 bridgehead atoms. The topological polar surface area (TPSA) is 91.6 Å². The molecule has 1 N–H and O–H groups in total. The highest BCUT2D eigenvalue weighted by molar-refractivity contribution is 5.98. The van der Waals surface area contributed by atoms with Gasteiger partial charge < -0.3 is 14.9 Å². The Balaban J connectivity index is 1.66. The summed E-state index contributed by atoms with van der Waals surface area (Å²) in [7, 11) is 0. The van der Waals surface area contributed by atoms with Gasteiger partial charge in [0.2, 0.25) is 5.91 Å². The molecular formula is C25H29N5O3. The Morgan fingerprint density at radius 2 is 1.79 bits per heavy atom. The van der Waals surface area contributed by atoms with Crippen LogP contribution in [0.5, 0.6) is 0 Å². The minimum Gasteiger partial charge on any atom is -0.477 e. The summed E-state index contributed by atoms with van der Waals surface area (Å²) in [4.78, 5) is 32.6. The van der Waals surface area contributed by atoms with Crippen LogP contribution in [0.1, 0.15) is 48.4 Å². The fraction of sp³-hybridized carbons (Fsp3) is 0.440. The van der Waals surface area contributed by atoms with Gasteiger partial charge >= 0.3 is 5.97 Å². The Labute approximate surface area is 192 Å². The number of hydrogen-bond acceptors (Lipinski definition) is 5. The van der Waals surface area contributed by atoms with E-state index in [2.05, 4.69) is 23.7 Å². The van der Waals surface area contributed by atoms with Crippen LogP contribution in [0.2, 0.25) is 0 Å². The maximum absolute atomic E-state index is 12.0. The monoisotopic (exact) mass is 447 g/mol. The van der Waals surface area contributed by atoms with E-state index in [-0.39, 0.29) is 17.5 Å². The van der Waals surface area contributed by atoms with Crippen molar-refractivity contribution in [2.75, 3.05) is 31.1 Å². The Kier molecular flexibility index (Phi) is 5.11. The summed E-state index contributed by atoms with van der Waals surface area (Å²) in [6.07, 6.45) is 0. The highest BCUT2D eigenvalue weighted by Gasteiger charge is 2.42. The van der Waals surface area contributed by atoms with Crippen LogP contribution < -0.4 is 4.90 Å². The molecule has 2 aromatic heterocycles. The largest absolute Gasteiger partial charge is 0.477 e. The summed E-state index contributed by atoms with van der Waals surface area (Å²) in [6.45, 7) is 10.9. The number of benzene rings is 1. The highest BCUT2D eigenvalue weighted by atomic mass is 16.4. The van der Waals surface area contributed by atoms with E-state index in [1.807, 2.05) is 36.1 Å². The average molecular weight is 448 g/mol. The number of aryl methyl sites for hydroxylation is 1. The highest BCUT2D eigenvalue weighted by Crippen LogP contribution is 2.40. The first kappa shape index (κ1) is 21.4. The Bertz CT molecular complexity index is 1250. The van der Waals surface area contributed by atoms with Crippen molar-refractivity contribution >= 4 is 28.6 Å². The average Bonchev–Trinajstić information content (AvgIpc) is 3.44. The molecule has 8 heteroatoms. The van der Waals surface area contributed by atoms with Gasteiger partial charge in [0.25, 0.3) is 0 Å². The van der Waals surface area contributed by atoms with Crippen LogP contribution in [0.25, 0.3) is 16.7 Å². The molecule has 0 spiro atoms. The van der Waals surface area contributed by atoms with Crippen molar-refractivity contribution in [3.05, 3.63) is 47.3 Å². The molecule has 3 aromatic rings. The van der Waals surface area contributed by atoms with Gasteiger partial charge in [-0.1, -0.05) is 26.0 Å². The lowest BCUT2D eigenvalue weighted by molar-refractivity contribution is -0.128. The molecule has 33 heavy (non-hydrogen) atoms. The van der Waals surface area contributed by atoms with Crippen molar-refractivity contribution in [2.24, 2.45) is 11.8 Å². The number of carbonyl (C=O) groups is 2. The van der Waals surface area contributed by atoms with Gasteiger partial charge in [0, 0.05) is 44.9 Å². The molecule has 0 radical (unpaired) electrons. The van der Waals surface area contributed by atoms with Crippen LogP contribution >= 0.6 is 0 Å². The second-order valence-corrected chi connectivity index (χ2v) is 9.67. The molecule has 172 valence electrons. The Hall–Kier alpha value is -3.42. The summed E-state index contributed by atoms with van der Waals surface area (Å²) < 4.78 is 1.78. The molecule has 0 saturated carbocycles. The van der Waals surface area contributed by atoms with E-state index >= 15 is 0 Å². The standard InChI is InChI=1S/C25H29N5O3/c1-14(2)23-22-21(29-12-17-10-28(16(4)31)11-18(17)13-29)9-20(25(32)33)26-24(22)30(27-23)19-7-5-6-15(3)8-19/h5-9,14,17-18H,10-13H2,1-4H3,(H,32,33). The number of fused-ring (bicyclic) bond motifs is 2. The lowest BCUT2D eigenvalue weighted by Gasteiger charge is -2.24. The zero-order valence-electron chi connectivity index (χ0n) is 19.4. The van der Waals surface area contributed by atoms with Crippen molar-refractivity contribution in [1.29, 1.82) is 0 Å². The van der Waals surface area contributed by atoms with Gasteiger partial charge in [0.1, 0.15) is 0 Å². The van der Waals surface area contributed by atoms with E-state index in [0.717, 1.165) is 54.2 Å². The van der Waals surface area contributed by atoms with Crippen LogP contribution in [0.3, 0.4) is 0 Å². The molecule has 2 aliphatic rings. The molecule has 1 amide bonds. The van der Waals surface area contributed by atoms with Gasteiger partial charge in [-0.15, -0.1) is 0 Å². The van der Waals surface area contributed by atoms with Crippen molar-refractivity contribution in [1.82, 2.24) is 19.7 Å². The predicted octanol–water partition coefficient (Wildman–Crippen LogP) is 3.47. The lowest BCUT2D eigenvalue weighted by atomic mass is 10.0. The number of aromatic nitrogens is 3. The third kappa shape index (κ3) is 3.63. The van der Waals surface area contributed by atoms with Crippen LogP contribution in [0.4, 0.5) is 5.69 Å². The number of carboxylic acids is 1. The third-order valence-electron chi connectivity index (χ3n) is 6.93. The van der Waals surface area contributed by atoms with Gasteiger partial charge in [0.15, 0.2) is 11.3 Å². The number of hydrogen-bond donors (Lipinski definition) is 1. The quantitative estimate of drug-likeness (QED) is 0.659.